The molecule has 1 amide bonds. The van der Waals surface area contributed by atoms with Gasteiger partial charge in [-0.05, 0) is 18.6 Å². The Kier molecular flexibility index (Phi) is 8.74. The highest BCUT2D eigenvalue weighted by Gasteiger charge is 2.04. The number of nitrogens with zero attached hydrogens (tertiary/aromatic N) is 2. The molecule has 0 saturated carbocycles. The highest BCUT2D eigenvalue weighted by molar-refractivity contribution is 5.81. The van der Waals surface area contributed by atoms with E-state index >= 15 is 0 Å². The van der Waals surface area contributed by atoms with Crippen LogP contribution >= 0.6 is 0 Å². The molecule has 0 aliphatic heterocycles. The predicted molar refractivity (Wildman–Crippen MR) is 85.7 cm³/mol. The van der Waals surface area contributed by atoms with Gasteiger partial charge in [-0.1, -0.05) is 0 Å². The van der Waals surface area contributed by atoms with Crippen LogP contribution < -0.4 is 10.6 Å². The molecular formula is C15H26N4O3. The summed E-state index contributed by atoms with van der Waals surface area (Å²) in [5, 5.41) is 6.28. The summed E-state index contributed by atoms with van der Waals surface area (Å²) in [5.74, 6) is 1.61. The number of aliphatic imine (C=N–C) groups is 1. The van der Waals surface area contributed by atoms with E-state index in [1.165, 1.54) is 0 Å². The lowest BCUT2D eigenvalue weighted by molar-refractivity contribution is -0.128. The number of nitrogens with one attached hydrogen (secondary N) is 2. The normalized spacial score (nSPS) is 11.3. The van der Waals surface area contributed by atoms with E-state index in [1.807, 2.05) is 12.1 Å². The molecule has 0 unspecified atom stereocenters. The number of carbonyl (C=O) groups excluding carboxylic acids is 1. The van der Waals surface area contributed by atoms with Crippen molar-refractivity contribution in [1.29, 1.82) is 0 Å². The van der Waals surface area contributed by atoms with E-state index in [2.05, 4.69) is 15.6 Å². The van der Waals surface area contributed by atoms with Crippen molar-refractivity contribution >= 4 is 11.9 Å². The molecule has 7 nitrogen and oxygen atoms in total. The van der Waals surface area contributed by atoms with E-state index in [0.29, 0.717) is 32.1 Å². The predicted octanol–water partition coefficient (Wildman–Crippen LogP) is 0.830. The van der Waals surface area contributed by atoms with Gasteiger partial charge in [0.2, 0.25) is 5.91 Å². The number of carbonyl (C=O) groups is 1. The van der Waals surface area contributed by atoms with E-state index in [1.54, 1.807) is 32.3 Å². The number of hydrogen-bond acceptors (Lipinski definition) is 4. The van der Waals surface area contributed by atoms with E-state index in [0.717, 1.165) is 18.7 Å². The Labute approximate surface area is 131 Å². The van der Waals surface area contributed by atoms with Gasteiger partial charge in [-0.2, -0.15) is 0 Å². The van der Waals surface area contributed by atoms with Gasteiger partial charge in [0.1, 0.15) is 12.4 Å². The van der Waals surface area contributed by atoms with Crippen LogP contribution in [0.1, 0.15) is 18.6 Å². The summed E-state index contributed by atoms with van der Waals surface area (Å²) in [5.41, 5.74) is 0. The van der Waals surface area contributed by atoms with Crippen LogP contribution in [0.3, 0.4) is 0 Å². The zero-order valence-electron chi connectivity index (χ0n) is 13.6. The Morgan fingerprint density at radius 1 is 1.36 bits per heavy atom. The molecule has 0 aliphatic rings. The molecule has 1 heterocycles. The lowest BCUT2D eigenvalue weighted by Gasteiger charge is -2.13. The number of ether oxygens (including phenoxy) is 1. The van der Waals surface area contributed by atoms with Gasteiger partial charge in [-0.3, -0.25) is 9.79 Å². The number of hydrogen-bond donors (Lipinski definition) is 2. The molecular weight excluding hydrogens is 284 g/mol. The van der Waals surface area contributed by atoms with Crippen LogP contribution in [0.25, 0.3) is 0 Å². The maximum Gasteiger partial charge on any atom is 0.223 e. The van der Waals surface area contributed by atoms with Gasteiger partial charge in [0, 0.05) is 47.3 Å². The Morgan fingerprint density at radius 2 is 2.14 bits per heavy atom. The van der Waals surface area contributed by atoms with Crippen molar-refractivity contribution in [1.82, 2.24) is 15.5 Å². The first-order chi connectivity index (χ1) is 10.6. The fraction of sp³-hybridized carbons (Fsp3) is 0.600. The van der Waals surface area contributed by atoms with Gasteiger partial charge in [0.25, 0.3) is 0 Å². The molecule has 0 bridgehead atoms. The molecule has 0 aliphatic carbocycles. The number of guanidine groups is 1. The summed E-state index contributed by atoms with van der Waals surface area (Å²) in [6.45, 7) is 2.45. The largest absolute Gasteiger partial charge is 0.467 e. The van der Waals surface area contributed by atoms with Crippen LogP contribution in [0.15, 0.2) is 27.8 Å². The summed E-state index contributed by atoms with van der Waals surface area (Å²) >= 11 is 0. The summed E-state index contributed by atoms with van der Waals surface area (Å²) in [6.07, 6.45) is 2.94. The van der Waals surface area contributed by atoms with Gasteiger partial charge in [0.05, 0.1) is 6.26 Å². The third-order valence-electron chi connectivity index (χ3n) is 2.94. The van der Waals surface area contributed by atoms with Crippen molar-refractivity contribution in [2.24, 2.45) is 4.99 Å². The second kappa shape index (κ2) is 10.7. The Morgan fingerprint density at radius 3 is 2.77 bits per heavy atom. The zero-order chi connectivity index (χ0) is 16.2. The third-order valence-corrected chi connectivity index (χ3v) is 2.94. The smallest absolute Gasteiger partial charge is 0.223 e. The second-order valence-electron chi connectivity index (χ2n) is 4.95. The molecule has 0 aromatic carbocycles. The number of rotatable bonds is 9. The molecule has 0 radical (unpaired) electrons. The van der Waals surface area contributed by atoms with Gasteiger partial charge in [-0.15, -0.1) is 0 Å². The van der Waals surface area contributed by atoms with Crippen molar-refractivity contribution in [2.45, 2.75) is 19.4 Å². The minimum absolute atomic E-state index is 0.0919. The SMILES string of the molecule is CN=C(NCCCOCc1ccco1)NCCC(=O)N(C)C. The highest BCUT2D eigenvalue weighted by Crippen LogP contribution is 2.01. The summed E-state index contributed by atoms with van der Waals surface area (Å²) in [7, 11) is 5.20. The maximum absolute atomic E-state index is 11.4. The minimum Gasteiger partial charge on any atom is -0.467 e. The first kappa shape index (κ1) is 18.0. The molecule has 0 fully saturated rings. The van der Waals surface area contributed by atoms with Gasteiger partial charge < -0.3 is 24.7 Å². The second-order valence-corrected chi connectivity index (χ2v) is 4.95. The molecule has 1 aromatic heterocycles. The van der Waals surface area contributed by atoms with Crippen LogP contribution in [-0.4, -0.2) is 57.6 Å². The van der Waals surface area contributed by atoms with Crippen molar-refractivity contribution in [3.8, 4) is 0 Å². The van der Waals surface area contributed by atoms with Gasteiger partial charge in [-0.25, -0.2) is 0 Å². The summed E-state index contributed by atoms with van der Waals surface area (Å²) < 4.78 is 10.7. The molecule has 1 rings (SSSR count). The number of amides is 1. The molecule has 7 heteroatoms. The fourth-order valence-corrected chi connectivity index (χ4v) is 1.68. The average molecular weight is 310 g/mol. The minimum atomic E-state index is 0.0919. The van der Waals surface area contributed by atoms with E-state index < -0.39 is 0 Å². The van der Waals surface area contributed by atoms with Crippen LogP contribution in [0.4, 0.5) is 0 Å². The van der Waals surface area contributed by atoms with Gasteiger partial charge >= 0.3 is 0 Å². The van der Waals surface area contributed by atoms with Crippen LogP contribution in [0.2, 0.25) is 0 Å². The van der Waals surface area contributed by atoms with Crippen molar-refractivity contribution in [2.75, 3.05) is 40.8 Å². The summed E-state index contributed by atoms with van der Waals surface area (Å²) in [4.78, 5) is 17.1. The molecule has 0 spiro atoms. The molecule has 22 heavy (non-hydrogen) atoms. The third kappa shape index (κ3) is 7.68. The number of furan rings is 1. The molecule has 2 N–H and O–H groups in total. The Bertz CT molecular complexity index is 444. The zero-order valence-corrected chi connectivity index (χ0v) is 13.6. The van der Waals surface area contributed by atoms with Crippen LogP contribution in [-0.2, 0) is 16.1 Å². The fourth-order valence-electron chi connectivity index (χ4n) is 1.68. The standard InChI is InChI=1S/C15H26N4O3/c1-16-15(18-9-7-14(20)19(2)3)17-8-5-10-21-12-13-6-4-11-22-13/h4,6,11H,5,7-10,12H2,1-3H3,(H2,16,17,18). The lowest BCUT2D eigenvalue weighted by Crippen LogP contribution is -2.39. The van der Waals surface area contributed by atoms with E-state index in [4.69, 9.17) is 9.15 Å². The quantitative estimate of drug-likeness (QED) is 0.401. The summed E-state index contributed by atoms with van der Waals surface area (Å²) in [6, 6.07) is 3.73. The molecule has 124 valence electrons. The van der Waals surface area contributed by atoms with Crippen LogP contribution in [0.5, 0.6) is 0 Å². The Balaban J connectivity index is 2.02. The van der Waals surface area contributed by atoms with Crippen LogP contribution in [0, 0.1) is 0 Å². The first-order valence-electron chi connectivity index (χ1n) is 7.38. The highest BCUT2D eigenvalue weighted by atomic mass is 16.5. The average Bonchev–Trinajstić information content (AvgIpc) is 3.01. The molecule has 0 atom stereocenters. The van der Waals surface area contributed by atoms with E-state index in [-0.39, 0.29) is 5.91 Å². The monoisotopic (exact) mass is 310 g/mol. The Hall–Kier alpha value is -2.02. The maximum atomic E-state index is 11.4. The van der Waals surface area contributed by atoms with Crippen molar-refractivity contribution < 1.29 is 13.9 Å². The molecule has 0 saturated heterocycles. The lowest BCUT2D eigenvalue weighted by atomic mass is 10.4. The van der Waals surface area contributed by atoms with E-state index in [9.17, 15) is 4.79 Å². The molecule has 1 aromatic rings. The topological polar surface area (TPSA) is 79.1 Å². The van der Waals surface area contributed by atoms with Crippen molar-refractivity contribution in [3.63, 3.8) is 0 Å². The van der Waals surface area contributed by atoms with Crippen molar-refractivity contribution in [3.05, 3.63) is 24.2 Å². The first-order valence-corrected chi connectivity index (χ1v) is 7.38. The van der Waals surface area contributed by atoms with Gasteiger partial charge in [0.15, 0.2) is 5.96 Å².